The van der Waals surface area contributed by atoms with Crippen molar-refractivity contribution in [2.24, 2.45) is 0 Å². The fourth-order valence-electron chi connectivity index (χ4n) is 2.95. The number of hydrogen-bond donors (Lipinski definition) is 1. The highest BCUT2D eigenvalue weighted by Crippen LogP contribution is 2.33. The molecular formula is C22H21ClN2O4. The topological polar surface area (TPSA) is 75.7 Å². The summed E-state index contributed by atoms with van der Waals surface area (Å²) in [5.74, 6) is -1.96. The van der Waals surface area contributed by atoms with Crippen LogP contribution in [-0.2, 0) is 14.3 Å². The number of amides is 2. The maximum atomic E-state index is 13.1. The van der Waals surface area contributed by atoms with Crippen LogP contribution in [-0.4, -0.2) is 23.9 Å². The monoisotopic (exact) mass is 412 g/mol. The molecule has 0 aromatic heterocycles. The largest absolute Gasteiger partial charge is 0.459 e. The molecule has 150 valence electrons. The average molecular weight is 413 g/mol. The third-order valence-corrected chi connectivity index (χ3v) is 4.74. The van der Waals surface area contributed by atoms with Gasteiger partial charge in [0.15, 0.2) is 0 Å². The van der Waals surface area contributed by atoms with E-state index in [4.69, 9.17) is 16.3 Å². The number of halogens is 1. The van der Waals surface area contributed by atoms with E-state index in [0.717, 1.165) is 16.0 Å². The van der Waals surface area contributed by atoms with Crippen molar-refractivity contribution < 1.29 is 19.1 Å². The number of nitrogens with zero attached hydrogens (tertiary/aromatic N) is 1. The van der Waals surface area contributed by atoms with E-state index in [0.29, 0.717) is 5.69 Å². The van der Waals surface area contributed by atoms with Gasteiger partial charge in [-0.2, -0.15) is 0 Å². The lowest BCUT2D eigenvalue weighted by atomic mass is 10.1. The van der Waals surface area contributed by atoms with Crippen LogP contribution < -0.4 is 10.2 Å². The predicted octanol–water partition coefficient (Wildman–Crippen LogP) is 4.30. The molecule has 1 N–H and O–H groups in total. The Labute approximate surface area is 174 Å². The molecule has 1 aliphatic heterocycles. The second kappa shape index (κ2) is 8.09. The molecule has 29 heavy (non-hydrogen) atoms. The van der Waals surface area contributed by atoms with Crippen LogP contribution in [0.5, 0.6) is 0 Å². The summed E-state index contributed by atoms with van der Waals surface area (Å²) in [5, 5.41) is 2.75. The van der Waals surface area contributed by atoms with Gasteiger partial charge in [0.2, 0.25) is 0 Å². The second-order valence-corrected chi connectivity index (χ2v) is 7.43. The molecule has 0 radical (unpaired) electrons. The summed E-state index contributed by atoms with van der Waals surface area (Å²) in [7, 11) is 0. The Morgan fingerprint density at radius 1 is 1.07 bits per heavy atom. The predicted molar refractivity (Wildman–Crippen MR) is 112 cm³/mol. The molecule has 3 rings (SSSR count). The SMILES string of the molecule is Cc1ccc(C)c(NC2=C(Cl)C(=O)N(c3ccccc3C(=O)OC(C)C)C2=O)c1. The summed E-state index contributed by atoms with van der Waals surface area (Å²) < 4.78 is 5.23. The van der Waals surface area contributed by atoms with Gasteiger partial charge in [-0.25, -0.2) is 9.69 Å². The summed E-state index contributed by atoms with van der Waals surface area (Å²) in [4.78, 5) is 39.2. The highest BCUT2D eigenvalue weighted by molar-refractivity contribution is 6.53. The number of imide groups is 1. The standard InChI is InChI=1S/C22H21ClN2O4/c1-12(2)29-22(28)15-7-5-6-8-17(15)25-20(26)18(23)19(21(25)27)24-16-11-13(3)9-10-14(16)4/h5-12,24H,1-4H3. The molecule has 1 heterocycles. The van der Waals surface area contributed by atoms with Crippen LogP contribution in [0.25, 0.3) is 0 Å². The fourth-order valence-corrected chi connectivity index (χ4v) is 3.17. The summed E-state index contributed by atoms with van der Waals surface area (Å²) >= 11 is 6.22. The minimum Gasteiger partial charge on any atom is -0.459 e. The number of carbonyl (C=O) groups excluding carboxylic acids is 3. The molecule has 0 bridgehead atoms. The van der Waals surface area contributed by atoms with E-state index in [-0.39, 0.29) is 28.1 Å². The molecule has 0 fully saturated rings. The zero-order chi connectivity index (χ0) is 21.3. The molecule has 2 aromatic carbocycles. The minimum atomic E-state index is -0.700. The van der Waals surface area contributed by atoms with E-state index >= 15 is 0 Å². The van der Waals surface area contributed by atoms with Crippen LogP contribution in [0.15, 0.2) is 53.2 Å². The van der Waals surface area contributed by atoms with Crippen molar-refractivity contribution in [1.29, 1.82) is 0 Å². The molecule has 0 saturated carbocycles. The Bertz CT molecular complexity index is 1040. The van der Waals surface area contributed by atoms with E-state index in [2.05, 4.69) is 5.32 Å². The van der Waals surface area contributed by atoms with Gasteiger partial charge in [0, 0.05) is 5.69 Å². The number of aryl methyl sites for hydroxylation is 2. The second-order valence-electron chi connectivity index (χ2n) is 7.05. The van der Waals surface area contributed by atoms with Gasteiger partial charge in [-0.05, 0) is 57.0 Å². The van der Waals surface area contributed by atoms with Crippen molar-refractivity contribution in [1.82, 2.24) is 0 Å². The maximum Gasteiger partial charge on any atom is 0.340 e. The van der Waals surface area contributed by atoms with Gasteiger partial charge in [-0.15, -0.1) is 0 Å². The molecule has 0 saturated heterocycles. The van der Waals surface area contributed by atoms with Gasteiger partial charge in [-0.3, -0.25) is 9.59 Å². The normalized spacial score (nSPS) is 14.1. The Hall–Kier alpha value is -3.12. The first-order chi connectivity index (χ1) is 13.7. The number of esters is 1. The first kappa shape index (κ1) is 20.6. The molecule has 2 amide bonds. The van der Waals surface area contributed by atoms with Crippen LogP contribution in [0, 0.1) is 13.8 Å². The third kappa shape index (κ3) is 4.03. The number of carbonyl (C=O) groups is 3. The smallest absolute Gasteiger partial charge is 0.340 e. The number of ether oxygens (including phenoxy) is 1. The lowest BCUT2D eigenvalue weighted by molar-refractivity contribution is -0.120. The van der Waals surface area contributed by atoms with E-state index < -0.39 is 17.8 Å². The van der Waals surface area contributed by atoms with E-state index in [9.17, 15) is 14.4 Å². The summed E-state index contributed by atoms with van der Waals surface area (Å²) in [5.41, 5.74) is 2.77. The van der Waals surface area contributed by atoms with Gasteiger partial charge < -0.3 is 10.1 Å². The first-order valence-electron chi connectivity index (χ1n) is 9.13. The van der Waals surface area contributed by atoms with Crippen molar-refractivity contribution in [3.63, 3.8) is 0 Å². The Morgan fingerprint density at radius 2 is 1.76 bits per heavy atom. The lowest BCUT2D eigenvalue weighted by Crippen LogP contribution is -2.34. The molecular weight excluding hydrogens is 392 g/mol. The molecule has 0 unspecified atom stereocenters. The van der Waals surface area contributed by atoms with Crippen LogP contribution in [0.2, 0.25) is 0 Å². The summed E-state index contributed by atoms with van der Waals surface area (Å²) in [6.45, 7) is 7.24. The number of nitrogens with one attached hydrogen (secondary N) is 1. The first-order valence-corrected chi connectivity index (χ1v) is 9.51. The third-order valence-electron chi connectivity index (χ3n) is 4.39. The van der Waals surface area contributed by atoms with Gasteiger partial charge in [0.05, 0.1) is 17.4 Å². The molecule has 2 aromatic rings. The Balaban J connectivity index is 1.97. The zero-order valence-electron chi connectivity index (χ0n) is 16.6. The fraction of sp³-hybridized carbons (Fsp3) is 0.227. The van der Waals surface area contributed by atoms with Crippen molar-refractivity contribution in [2.45, 2.75) is 33.8 Å². The Kier molecular flexibility index (Phi) is 5.75. The van der Waals surface area contributed by atoms with Gasteiger partial charge in [0.25, 0.3) is 11.8 Å². The maximum absolute atomic E-state index is 13.1. The molecule has 7 heteroatoms. The molecule has 0 spiro atoms. The lowest BCUT2D eigenvalue weighted by Gasteiger charge is -2.19. The van der Waals surface area contributed by atoms with Crippen molar-refractivity contribution >= 4 is 40.8 Å². The van der Waals surface area contributed by atoms with Gasteiger partial charge >= 0.3 is 5.97 Å². The van der Waals surface area contributed by atoms with Gasteiger partial charge in [0.1, 0.15) is 10.7 Å². The molecule has 1 aliphatic rings. The number of rotatable bonds is 5. The van der Waals surface area contributed by atoms with Crippen LogP contribution >= 0.6 is 11.6 Å². The number of hydrogen-bond acceptors (Lipinski definition) is 5. The van der Waals surface area contributed by atoms with Crippen molar-refractivity contribution in [3.05, 3.63) is 69.9 Å². The number of benzene rings is 2. The zero-order valence-corrected chi connectivity index (χ0v) is 17.3. The average Bonchev–Trinajstić information content (AvgIpc) is 2.87. The van der Waals surface area contributed by atoms with E-state index in [1.807, 2.05) is 32.0 Å². The highest BCUT2D eigenvalue weighted by atomic mass is 35.5. The quantitative estimate of drug-likeness (QED) is 0.585. The van der Waals surface area contributed by atoms with Crippen LogP contribution in [0.1, 0.15) is 35.3 Å². The summed E-state index contributed by atoms with van der Waals surface area (Å²) in [6, 6.07) is 12.0. The van der Waals surface area contributed by atoms with Gasteiger partial charge in [-0.1, -0.05) is 35.9 Å². The van der Waals surface area contributed by atoms with Crippen LogP contribution in [0.4, 0.5) is 11.4 Å². The minimum absolute atomic E-state index is 0.0302. The van der Waals surface area contributed by atoms with Crippen molar-refractivity contribution in [2.75, 3.05) is 10.2 Å². The van der Waals surface area contributed by atoms with E-state index in [1.54, 1.807) is 26.0 Å². The van der Waals surface area contributed by atoms with E-state index in [1.165, 1.54) is 12.1 Å². The number of anilines is 2. The Morgan fingerprint density at radius 3 is 2.45 bits per heavy atom. The molecule has 0 atom stereocenters. The summed E-state index contributed by atoms with van der Waals surface area (Å²) in [6.07, 6.45) is -0.344. The molecule has 6 nitrogen and oxygen atoms in total. The molecule has 0 aliphatic carbocycles. The number of para-hydroxylation sites is 1. The van der Waals surface area contributed by atoms with Crippen LogP contribution in [0.3, 0.4) is 0 Å². The highest BCUT2D eigenvalue weighted by Gasteiger charge is 2.40. The van der Waals surface area contributed by atoms with Crippen molar-refractivity contribution in [3.8, 4) is 0 Å².